The van der Waals surface area contributed by atoms with Gasteiger partial charge in [-0.1, -0.05) is 23.2 Å². The number of ether oxygens (including phenoxy) is 1. The Bertz CT molecular complexity index is 839. The van der Waals surface area contributed by atoms with Gasteiger partial charge in [0, 0.05) is 32.3 Å². The predicted octanol–water partition coefficient (Wildman–Crippen LogP) is 2.77. The lowest BCUT2D eigenvalue weighted by atomic mass is 9.86. The third kappa shape index (κ3) is 3.83. The van der Waals surface area contributed by atoms with Gasteiger partial charge in [0.05, 0.1) is 28.9 Å². The standard InChI is InChI=1S/C17H18Cl2N4O3/c1-22-8-10(7-20-22)16-11(3-6-15(24)23(16)2)17(25)26-9-13-12(18)4-5-14(19)21-13/h4-5,7-8,11,16H,3,6,9H2,1-2H3. The molecule has 0 aliphatic carbocycles. The van der Waals surface area contributed by atoms with Gasteiger partial charge >= 0.3 is 5.97 Å². The van der Waals surface area contributed by atoms with Crippen molar-refractivity contribution in [2.24, 2.45) is 13.0 Å². The first kappa shape index (κ1) is 18.7. The average Bonchev–Trinajstić information content (AvgIpc) is 3.03. The normalized spacial score (nSPS) is 20.3. The van der Waals surface area contributed by atoms with Crippen LogP contribution in [0.2, 0.25) is 10.2 Å². The molecule has 26 heavy (non-hydrogen) atoms. The van der Waals surface area contributed by atoms with Gasteiger partial charge in [-0.3, -0.25) is 14.3 Å². The van der Waals surface area contributed by atoms with E-state index in [2.05, 4.69) is 10.1 Å². The lowest BCUT2D eigenvalue weighted by Gasteiger charge is -2.37. The molecule has 3 rings (SSSR count). The van der Waals surface area contributed by atoms with Gasteiger partial charge in [0.25, 0.3) is 0 Å². The number of hydrogen-bond donors (Lipinski definition) is 0. The molecule has 0 spiro atoms. The Hall–Kier alpha value is -2.12. The van der Waals surface area contributed by atoms with E-state index in [1.165, 1.54) is 0 Å². The highest BCUT2D eigenvalue weighted by Crippen LogP contribution is 2.36. The molecule has 0 aromatic carbocycles. The van der Waals surface area contributed by atoms with Gasteiger partial charge in [0.15, 0.2) is 0 Å². The van der Waals surface area contributed by atoms with E-state index in [0.717, 1.165) is 5.56 Å². The summed E-state index contributed by atoms with van der Waals surface area (Å²) < 4.78 is 7.07. The Morgan fingerprint density at radius 2 is 2.12 bits per heavy atom. The van der Waals surface area contributed by atoms with E-state index < -0.39 is 17.9 Å². The number of hydrogen-bond acceptors (Lipinski definition) is 5. The van der Waals surface area contributed by atoms with Gasteiger partial charge in [-0.15, -0.1) is 0 Å². The van der Waals surface area contributed by atoms with Crippen LogP contribution in [-0.2, 0) is 28.0 Å². The van der Waals surface area contributed by atoms with E-state index in [0.29, 0.717) is 23.6 Å². The number of pyridine rings is 1. The lowest BCUT2D eigenvalue weighted by Crippen LogP contribution is -2.43. The Kier molecular flexibility index (Phi) is 5.48. The minimum Gasteiger partial charge on any atom is -0.459 e. The lowest BCUT2D eigenvalue weighted by molar-refractivity contribution is -0.157. The van der Waals surface area contributed by atoms with E-state index in [1.54, 1.807) is 48.2 Å². The van der Waals surface area contributed by atoms with E-state index >= 15 is 0 Å². The molecule has 2 unspecified atom stereocenters. The number of aryl methyl sites for hydroxylation is 1. The highest BCUT2D eigenvalue weighted by Gasteiger charge is 2.40. The van der Waals surface area contributed by atoms with Gasteiger partial charge in [-0.05, 0) is 18.6 Å². The second kappa shape index (κ2) is 7.63. The predicted molar refractivity (Wildman–Crippen MR) is 95.5 cm³/mol. The first-order chi connectivity index (χ1) is 12.4. The third-order valence-electron chi connectivity index (χ3n) is 4.47. The summed E-state index contributed by atoms with van der Waals surface area (Å²) in [5, 5.41) is 4.80. The van der Waals surface area contributed by atoms with Crippen molar-refractivity contribution < 1.29 is 14.3 Å². The van der Waals surface area contributed by atoms with E-state index in [1.807, 2.05) is 0 Å². The minimum absolute atomic E-state index is 0.0116. The molecule has 2 aromatic rings. The first-order valence-electron chi connectivity index (χ1n) is 8.08. The summed E-state index contributed by atoms with van der Waals surface area (Å²) in [6.07, 6.45) is 4.17. The summed E-state index contributed by atoms with van der Waals surface area (Å²) in [6.45, 7) is -0.0772. The molecule has 1 saturated heterocycles. The van der Waals surface area contributed by atoms with Crippen LogP contribution in [-0.4, -0.2) is 38.6 Å². The van der Waals surface area contributed by atoms with Gasteiger partial charge < -0.3 is 9.64 Å². The maximum Gasteiger partial charge on any atom is 0.311 e. The van der Waals surface area contributed by atoms with Crippen molar-refractivity contribution in [2.45, 2.75) is 25.5 Å². The van der Waals surface area contributed by atoms with Crippen molar-refractivity contribution in [1.29, 1.82) is 0 Å². The molecule has 0 bridgehead atoms. The van der Waals surface area contributed by atoms with Gasteiger partial charge in [0.1, 0.15) is 11.8 Å². The number of likely N-dealkylation sites (tertiary alicyclic amines) is 1. The van der Waals surface area contributed by atoms with Crippen LogP contribution < -0.4 is 0 Å². The summed E-state index contributed by atoms with van der Waals surface area (Å²) in [5.41, 5.74) is 1.19. The Morgan fingerprint density at radius 1 is 1.35 bits per heavy atom. The zero-order valence-corrected chi connectivity index (χ0v) is 15.9. The summed E-state index contributed by atoms with van der Waals surface area (Å²) >= 11 is 11.9. The summed E-state index contributed by atoms with van der Waals surface area (Å²) in [7, 11) is 3.48. The molecule has 0 N–H and O–H groups in total. The number of halogens is 2. The smallest absolute Gasteiger partial charge is 0.311 e. The molecule has 3 heterocycles. The molecule has 1 amide bonds. The highest BCUT2D eigenvalue weighted by atomic mass is 35.5. The molecule has 2 atom stereocenters. The second-order valence-electron chi connectivity index (χ2n) is 6.21. The number of nitrogens with zero attached hydrogens (tertiary/aromatic N) is 4. The van der Waals surface area contributed by atoms with Crippen LogP contribution in [0.4, 0.5) is 0 Å². The molecular weight excluding hydrogens is 379 g/mol. The van der Waals surface area contributed by atoms with Crippen LogP contribution in [0.3, 0.4) is 0 Å². The number of amides is 1. The highest BCUT2D eigenvalue weighted by molar-refractivity contribution is 6.32. The number of esters is 1. The van der Waals surface area contributed by atoms with Crippen LogP contribution in [0.15, 0.2) is 24.5 Å². The van der Waals surface area contributed by atoms with E-state index in [-0.39, 0.29) is 17.7 Å². The molecule has 1 fully saturated rings. The summed E-state index contributed by atoms with van der Waals surface area (Å²) in [4.78, 5) is 30.5. The Balaban J connectivity index is 1.77. The van der Waals surface area contributed by atoms with Gasteiger partial charge in [-0.2, -0.15) is 5.10 Å². The SMILES string of the molecule is CN1C(=O)CCC(C(=O)OCc2nc(Cl)ccc2Cl)C1c1cnn(C)c1. The molecular formula is C17H18Cl2N4O3. The molecule has 0 saturated carbocycles. The van der Waals surface area contributed by atoms with E-state index in [9.17, 15) is 9.59 Å². The van der Waals surface area contributed by atoms with E-state index in [4.69, 9.17) is 27.9 Å². The number of rotatable bonds is 4. The van der Waals surface area contributed by atoms with Crippen LogP contribution in [0.1, 0.15) is 30.1 Å². The second-order valence-corrected chi connectivity index (χ2v) is 7.01. The summed E-state index contributed by atoms with van der Waals surface area (Å²) in [5.74, 6) is -0.904. The van der Waals surface area contributed by atoms with Crippen molar-refractivity contribution in [3.63, 3.8) is 0 Å². The fourth-order valence-electron chi connectivity index (χ4n) is 3.14. The number of carbonyl (C=O) groups is 2. The first-order valence-corrected chi connectivity index (χ1v) is 8.84. The Labute approximate surface area is 160 Å². The topological polar surface area (TPSA) is 77.3 Å². The average molecular weight is 397 g/mol. The van der Waals surface area contributed by atoms with Gasteiger partial charge in [0.2, 0.25) is 5.91 Å². The molecule has 138 valence electrons. The maximum absolute atomic E-state index is 12.7. The van der Waals surface area contributed by atoms with Gasteiger partial charge in [-0.25, -0.2) is 4.98 Å². The number of piperidine rings is 1. The molecule has 9 heteroatoms. The monoisotopic (exact) mass is 396 g/mol. The number of carbonyl (C=O) groups excluding carboxylic acids is 2. The molecule has 7 nitrogen and oxygen atoms in total. The van der Waals surface area contributed by atoms with Crippen LogP contribution in [0.25, 0.3) is 0 Å². The molecule has 0 radical (unpaired) electrons. The van der Waals surface area contributed by atoms with Crippen molar-refractivity contribution >= 4 is 35.1 Å². The Morgan fingerprint density at radius 3 is 2.81 bits per heavy atom. The van der Waals surface area contributed by atoms with Crippen LogP contribution >= 0.6 is 23.2 Å². The van der Waals surface area contributed by atoms with Crippen molar-refractivity contribution in [2.75, 3.05) is 7.05 Å². The fourth-order valence-corrected chi connectivity index (χ4v) is 3.46. The van der Waals surface area contributed by atoms with Crippen molar-refractivity contribution in [3.8, 4) is 0 Å². The molecule has 2 aromatic heterocycles. The third-order valence-corrected chi connectivity index (χ3v) is 5.02. The van der Waals surface area contributed by atoms with Crippen LogP contribution in [0, 0.1) is 5.92 Å². The summed E-state index contributed by atoms with van der Waals surface area (Å²) in [6, 6.07) is 2.75. The molecule has 1 aliphatic heterocycles. The maximum atomic E-state index is 12.7. The number of aromatic nitrogens is 3. The van der Waals surface area contributed by atoms with Crippen molar-refractivity contribution in [1.82, 2.24) is 19.7 Å². The zero-order chi connectivity index (χ0) is 18.8. The quantitative estimate of drug-likeness (QED) is 0.586. The van der Waals surface area contributed by atoms with Crippen LogP contribution in [0.5, 0.6) is 0 Å². The minimum atomic E-state index is -0.486. The fraction of sp³-hybridized carbons (Fsp3) is 0.412. The zero-order valence-electron chi connectivity index (χ0n) is 14.4. The van der Waals surface area contributed by atoms with Crippen molar-refractivity contribution in [3.05, 3.63) is 46.0 Å². The molecule has 1 aliphatic rings. The largest absolute Gasteiger partial charge is 0.459 e.